The monoisotopic (exact) mass is 343 g/mol. The molecule has 0 unspecified atom stereocenters. The van der Waals surface area contributed by atoms with Crippen molar-refractivity contribution >= 4 is 5.91 Å². The molecular weight excluding hydrogens is 310 g/mol. The topological polar surface area (TPSA) is 49.6 Å². The average molecular weight is 344 g/mol. The fraction of sp³-hybridized carbons (Fsp3) is 0.667. The van der Waals surface area contributed by atoms with Crippen molar-refractivity contribution in [2.75, 3.05) is 13.1 Å². The van der Waals surface area contributed by atoms with E-state index in [0.29, 0.717) is 12.1 Å². The third kappa shape index (κ3) is 4.83. The molecule has 1 amide bonds. The zero-order chi connectivity index (χ0) is 17.8. The summed E-state index contributed by atoms with van der Waals surface area (Å²) in [5.74, 6) is 0.350. The highest BCUT2D eigenvalue weighted by molar-refractivity contribution is 5.82. The standard InChI is InChI=1S/C21H33N3O/c1-16(2)20(22)21(25)24(18-11-12-18)15-19-10-6-7-13-23(19)14-17-8-4-3-5-9-17/h3-5,8-9,16,18-20H,6-7,10-15,22H2,1-2H3/t19-,20+/m1/s1. The van der Waals surface area contributed by atoms with Crippen LogP contribution < -0.4 is 5.73 Å². The minimum Gasteiger partial charge on any atom is -0.337 e. The molecule has 0 bridgehead atoms. The summed E-state index contributed by atoms with van der Waals surface area (Å²) in [6, 6.07) is 11.2. The fourth-order valence-corrected chi connectivity index (χ4v) is 3.80. The summed E-state index contributed by atoms with van der Waals surface area (Å²) in [6.07, 6.45) is 5.98. The van der Waals surface area contributed by atoms with E-state index in [0.717, 1.165) is 32.5 Å². The highest BCUT2D eigenvalue weighted by Crippen LogP contribution is 2.30. The van der Waals surface area contributed by atoms with E-state index >= 15 is 0 Å². The van der Waals surface area contributed by atoms with Gasteiger partial charge in [0.25, 0.3) is 0 Å². The van der Waals surface area contributed by atoms with Crippen LogP contribution >= 0.6 is 0 Å². The molecule has 3 rings (SSSR count). The van der Waals surface area contributed by atoms with Crippen LogP contribution in [0.4, 0.5) is 0 Å². The smallest absolute Gasteiger partial charge is 0.240 e. The quantitative estimate of drug-likeness (QED) is 0.828. The molecule has 2 N–H and O–H groups in total. The van der Waals surface area contributed by atoms with Crippen LogP contribution in [0.5, 0.6) is 0 Å². The van der Waals surface area contributed by atoms with Gasteiger partial charge in [-0.1, -0.05) is 50.6 Å². The predicted molar refractivity (Wildman–Crippen MR) is 102 cm³/mol. The molecule has 2 aliphatic rings. The van der Waals surface area contributed by atoms with Gasteiger partial charge in [0.2, 0.25) is 5.91 Å². The molecule has 0 radical (unpaired) electrons. The van der Waals surface area contributed by atoms with Gasteiger partial charge >= 0.3 is 0 Å². The van der Waals surface area contributed by atoms with Gasteiger partial charge in [-0.3, -0.25) is 9.69 Å². The molecule has 2 fully saturated rings. The van der Waals surface area contributed by atoms with Crippen LogP contribution in [-0.4, -0.2) is 46.9 Å². The van der Waals surface area contributed by atoms with E-state index in [2.05, 4.69) is 40.1 Å². The van der Waals surface area contributed by atoms with Crippen molar-refractivity contribution in [1.29, 1.82) is 0 Å². The Labute approximate surface area is 152 Å². The summed E-state index contributed by atoms with van der Waals surface area (Å²) in [5.41, 5.74) is 7.54. The summed E-state index contributed by atoms with van der Waals surface area (Å²) in [4.78, 5) is 17.6. The number of likely N-dealkylation sites (tertiary alicyclic amines) is 1. The minimum absolute atomic E-state index is 0.155. The molecule has 1 heterocycles. The maximum atomic E-state index is 12.9. The van der Waals surface area contributed by atoms with Crippen molar-refractivity contribution in [3.8, 4) is 0 Å². The Morgan fingerprint density at radius 2 is 1.92 bits per heavy atom. The summed E-state index contributed by atoms with van der Waals surface area (Å²) in [6.45, 7) is 7.03. The second-order valence-electron chi connectivity index (χ2n) is 8.10. The van der Waals surface area contributed by atoms with Crippen molar-refractivity contribution in [1.82, 2.24) is 9.80 Å². The Balaban J connectivity index is 1.67. The zero-order valence-corrected chi connectivity index (χ0v) is 15.7. The SMILES string of the molecule is CC(C)[C@H](N)C(=O)N(C[C@H]1CCCCN1Cc1ccccc1)C1CC1. The van der Waals surface area contributed by atoms with E-state index < -0.39 is 0 Å². The van der Waals surface area contributed by atoms with Crippen LogP contribution in [0.1, 0.15) is 51.5 Å². The number of piperidine rings is 1. The Kier molecular flexibility index (Phi) is 6.13. The molecule has 1 aliphatic carbocycles. The van der Waals surface area contributed by atoms with Crippen molar-refractivity contribution in [3.63, 3.8) is 0 Å². The maximum absolute atomic E-state index is 12.9. The Bertz CT molecular complexity index is 556. The lowest BCUT2D eigenvalue weighted by Gasteiger charge is -2.39. The Morgan fingerprint density at radius 3 is 2.56 bits per heavy atom. The highest BCUT2D eigenvalue weighted by atomic mass is 16.2. The third-order valence-electron chi connectivity index (χ3n) is 5.66. The largest absolute Gasteiger partial charge is 0.337 e. The van der Waals surface area contributed by atoms with Crippen LogP contribution in [0.25, 0.3) is 0 Å². The number of hydrogen-bond acceptors (Lipinski definition) is 3. The first-order valence-corrected chi connectivity index (χ1v) is 9.90. The second-order valence-corrected chi connectivity index (χ2v) is 8.10. The lowest BCUT2D eigenvalue weighted by molar-refractivity contribution is -0.135. The molecule has 1 saturated heterocycles. The number of rotatable bonds is 7. The van der Waals surface area contributed by atoms with E-state index in [4.69, 9.17) is 5.73 Å². The summed E-state index contributed by atoms with van der Waals surface area (Å²) in [7, 11) is 0. The number of carbonyl (C=O) groups is 1. The molecule has 1 aliphatic heterocycles. The van der Waals surface area contributed by atoms with Gasteiger partial charge in [-0.25, -0.2) is 0 Å². The third-order valence-corrected chi connectivity index (χ3v) is 5.66. The molecule has 25 heavy (non-hydrogen) atoms. The first-order valence-electron chi connectivity index (χ1n) is 9.90. The number of nitrogens with zero attached hydrogens (tertiary/aromatic N) is 2. The molecule has 2 atom stereocenters. The summed E-state index contributed by atoms with van der Waals surface area (Å²) < 4.78 is 0. The van der Waals surface area contributed by atoms with Gasteiger partial charge in [0.1, 0.15) is 0 Å². The first kappa shape index (κ1) is 18.4. The Morgan fingerprint density at radius 1 is 1.20 bits per heavy atom. The predicted octanol–water partition coefficient (Wildman–Crippen LogP) is 3.02. The van der Waals surface area contributed by atoms with Crippen LogP contribution in [0.3, 0.4) is 0 Å². The van der Waals surface area contributed by atoms with Gasteiger partial charge in [-0.2, -0.15) is 0 Å². The number of carbonyl (C=O) groups excluding carboxylic acids is 1. The normalized spacial score (nSPS) is 22.8. The van der Waals surface area contributed by atoms with Gasteiger partial charge in [0.15, 0.2) is 0 Å². The lowest BCUT2D eigenvalue weighted by Crippen LogP contribution is -2.53. The fourth-order valence-electron chi connectivity index (χ4n) is 3.80. The highest BCUT2D eigenvalue weighted by Gasteiger charge is 2.38. The molecule has 0 aromatic heterocycles. The van der Waals surface area contributed by atoms with Crippen LogP contribution in [0, 0.1) is 5.92 Å². The molecule has 1 aromatic rings. The van der Waals surface area contributed by atoms with Crippen molar-refractivity contribution < 1.29 is 4.79 Å². The molecular formula is C21H33N3O. The van der Waals surface area contributed by atoms with E-state index in [9.17, 15) is 4.79 Å². The molecule has 4 heteroatoms. The first-order chi connectivity index (χ1) is 12.1. The van der Waals surface area contributed by atoms with E-state index in [1.807, 2.05) is 13.8 Å². The number of benzene rings is 1. The van der Waals surface area contributed by atoms with E-state index in [1.165, 1.54) is 24.8 Å². The molecule has 138 valence electrons. The van der Waals surface area contributed by atoms with E-state index in [-0.39, 0.29) is 17.9 Å². The molecule has 0 spiro atoms. The lowest BCUT2D eigenvalue weighted by atomic mass is 9.99. The van der Waals surface area contributed by atoms with Crippen molar-refractivity contribution in [2.45, 2.75) is 70.6 Å². The summed E-state index contributed by atoms with van der Waals surface area (Å²) in [5, 5.41) is 0. The van der Waals surface area contributed by atoms with Crippen molar-refractivity contribution in [2.24, 2.45) is 11.7 Å². The van der Waals surface area contributed by atoms with Gasteiger partial charge < -0.3 is 10.6 Å². The summed E-state index contributed by atoms with van der Waals surface area (Å²) >= 11 is 0. The molecule has 1 saturated carbocycles. The van der Waals surface area contributed by atoms with Crippen LogP contribution in [0.2, 0.25) is 0 Å². The number of hydrogen-bond donors (Lipinski definition) is 1. The zero-order valence-electron chi connectivity index (χ0n) is 15.7. The molecule has 4 nitrogen and oxygen atoms in total. The number of amides is 1. The van der Waals surface area contributed by atoms with E-state index in [1.54, 1.807) is 0 Å². The van der Waals surface area contributed by atoms with Gasteiger partial charge in [0, 0.05) is 25.2 Å². The maximum Gasteiger partial charge on any atom is 0.240 e. The van der Waals surface area contributed by atoms with Gasteiger partial charge in [-0.15, -0.1) is 0 Å². The van der Waals surface area contributed by atoms with Gasteiger partial charge in [-0.05, 0) is 43.7 Å². The van der Waals surface area contributed by atoms with Crippen LogP contribution in [0.15, 0.2) is 30.3 Å². The average Bonchev–Trinajstić information content (AvgIpc) is 3.45. The minimum atomic E-state index is -0.369. The number of nitrogens with two attached hydrogens (primary N) is 1. The molecule has 1 aromatic carbocycles. The van der Waals surface area contributed by atoms with Crippen molar-refractivity contribution in [3.05, 3.63) is 35.9 Å². The van der Waals surface area contributed by atoms with Crippen LogP contribution in [-0.2, 0) is 11.3 Å². The van der Waals surface area contributed by atoms with Gasteiger partial charge in [0.05, 0.1) is 6.04 Å². The second kappa shape index (κ2) is 8.33. The Hall–Kier alpha value is -1.39.